The number of carbonyl (C=O) groups excluding carboxylic acids is 2. The Hall–Kier alpha value is -3.11. The third-order valence-corrected chi connectivity index (χ3v) is 4.93. The highest BCUT2D eigenvalue weighted by molar-refractivity contribution is 8.18. The number of ether oxygens (including phenoxy) is 2. The summed E-state index contributed by atoms with van der Waals surface area (Å²) >= 11 is 7.07. The maximum absolute atomic E-state index is 11.8. The van der Waals surface area contributed by atoms with E-state index in [0.717, 1.165) is 30.8 Å². The molecule has 0 spiro atoms. The Balaban J connectivity index is 1.61. The second-order valence-corrected chi connectivity index (χ2v) is 7.39. The lowest BCUT2D eigenvalue weighted by Gasteiger charge is -2.09. The fourth-order valence-electron chi connectivity index (χ4n) is 2.38. The molecule has 1 amide bonds. The van der Waals surface area contributed by atoms with Crippen LogP contribution in [0.4, 0.5) is 0 Å². The van der Waals surface area contributed by atoms with Crippen molar-refractivity contribution in [2.45, 2.75) is 13.0 Å². The van der Waals surface area contributed by atoms with Crippen molar-refractivity contribution in [3.8, 4) is 5.75 Å². The number of hydrogen-bond donors (Lipinski definition) is 1. The summed E-state index contributed by atoms with van der Waals surface area (Å²) in [4.78, 5) is 27.3. The summed E-state index contributed by atoms with van der Waals surface area (Å²) in [5, 5.41) is 11.3. The van der Waals surface area contributed by atoms with E-state index < -0.39 is 11.9 Å². The number of hydrogen-bond acceptors (Lipinski definition) is 8. The minimum Gasteiger partial charge on any atom is -0.493 e. The molecule has 2 aromatic rings. The van der Waals surface area contributed by atoms with Crippen LogP contribution >= 0.6 is 23.4 Å². The van der Waals surface area contributed by atoms with Crippen molar-refractivity contribution in [3.05, 3.63) is 58.5 Å². The van der Waals surface area contributed by atoms with Crippen LogP contribution in [0, 0.1) is 0 Å². The molecule has 0 aliphatic carbocycles. The van der Waals surface area contributed by atoms with E-state index in [4.69, 9.17) is 16.3 Å². The van der Waals surface area contributed by atoms with E-state index >= 15 is 0 Å². The van der Waals surface area contributed by atoms with Crippen molar-refractivity contribution in [2.75, 3.05) is 13.7 Å². The van der Waals surface area contributed by atoms with Crippen LogP contribution in [-0.2, 0) is 20.9 Å². The number of imidazole rings is 1. The first-order valence-corrected chi connectivity index (χ1v) is 10.0. The first-order valence-electron chi connectivity index (χ1n) is 8.83. The van der Waals surface area contributed by atoms with Gasteiger partial charge >= 0.3 is 5.97 Å². The predicted molar refractivity (Wildman–Crippen MR) is 115 cm³/mol. The van der Waals surface area contributed by atoms with Gasteiger partial charge in [-0.2, -0.15) is 5.10 Å². The van der Waals surface area contributed by atoms with E-state index in [-0.39, 0.29) is 10.1 Å². The minimum absolute atomic E-state index is 0.181. The Labute approximate surface area is 181 Å². The molecule has 1 aliphatic rings. The molecule has 0 radical (unpaired) electrons. The highest BCUT2D eigenvalue weighted by Crippen LogP contribution is 2.24. The van der Waals surface area contributed by atoms with Gasteiger partial charge in [-0.1, -0.05) is 11.6 Å². The fraction of sp³-hybridized carbons (Fsp3) is 0.211. The standard InChI is InChI=1S/C19H18ClN5O4S/c1-28-17(26)10-16-18(27)23-19(30-16)24-22-11-13-9-14(20)3-4-15(13)29-8-2-6-25-7-5-21-12-25/h3-5,7,9-12H,2,6,8H2,1H3,(H,23,24,27)/b16-10+,22-11?. The summed E-state index contributed by atoms with van der Waals surface area (Å²) in [5.74, 6) is -0.446. The summed E-state index contributed by atoms with van der Waals surface area (Å²) in [6, 6.07) is 5.20. The maximum Gasteiger partial charge on any atom is 0.331 e. The van der Waals surface area contributed by atoms with Crippen LogP contribution in [0.3, 0.4) is 0 Å². The molecule has 1 saturated heterocycles. The van der Waals surface area contributed by atoms with Gasteiger partial charge in [0.15, 0.2) is 5.17 Å². The van der Waals surface area contributed by atoms with Crippen LogP contribution < -0.4 is 10.1 Å². The van der Waals surface area contributed by atoms with Crippen LogP contribution in [0.5, 0.6) is 5.75 Å². The molecule has 1 fully saturated rings. The molecule has 0 bridgehead atoms. The van der Waals surface area contributed by atoms with Gasteiger partial charge in [-0.15, -0.1) is 5.10 Å². The Morgan fingerprint density at radius 1 is 1.43 bits per heavy atom. The number of carbonyl (C=O) groups is 2. The predicted octanol–water partition coefficient (Wildman–Crippen LogP) is 2.62. The van der Waals surface area contributed by atoms with Gasteiger partial charge in [0.25, 0.3) is 5.91 Å². The summed E-state index contributed by atoms with van der Waals surface area (Å²) in [6.07, 6.45) is 8.76. The Bertz CT molecular complexity index is 1000. The van der Waals surface area contributed by atoms with E-state index in [9.17, 15) is 9.59 Å². The van der Waals surface area contributed by atoms with Gasteiger partial charge < -0.3 is 14.0 Å². The normalized spacial score (nSPS) is 16.4. The number of methoxy groups -OCH3 is 1. The van der Waals surface area contributed by atoms with Gasteiger partial charge in [0, 0.05) is 35.6 Å². The summed E-state index contributed by atoms with van der Waals surface area (Å²) in [7, 11) is 1.23. The van der Waals surface area contributed by atoms with E-state index in [0.29, 0.717) is 22.9 Å². The number of halogens is 1. The smallest absolute Gasteiger partial charge is 0.331 e. The third kappa shape index (κ3) is 6.19. The lowest BCUT2D eigenvalue weighted by atomic mass is 10.2. The zero-order valence-electron chi connectivity index (χ0n) is 15.9. The Kier molecular flexibility index (Phi) is 7.63. The van der Waals surface area contributed by atoms with Crippen molar-refractivity contribution in [3.63, 3.8) is 0 Å². The van der Waals surface area contributed by atoms with E-state index in [1.54, 1.807) is 30.7 Å². The van der Waals surface area contributed by atoms with Crippen LogP contribution in [0.15, 0.2) is 58.1 Å². The van der Waals surface area contributed by atoms with Gasteiger partial charge in [-0.05, 0) is 36.4 Å². The maximum atomic E-state index is 11.8. The van der Waals surface area contributed by atoms with Crippen LogP contribution in [0.2, 0.25) is 5.02 Å². The average molecular weight is 448 g/mol. The number of amides is 1. The molecule has 1 aromatic heterocycles. The molecule has 0 atom stereocenters. The number of rotatable bonds is 8. The highest BCUT2D eigenvalue weighted by atomic mass is 35.5. The summed E-state index contributed by atoms with van der Waals surface area (Å²) in [6.45, 7) is 1.30. The quantitative estimate of drug-likeness (QED) is 0.219. The molecule has 156 valence electrons. The van der Waals surface area contributed by atoms with Gasteiger partial charge in [-0.25, -0.2) is 9.78 Å². The number of benzene rings is 1. The van der Waals surface area contributed by atoms with Crippen LogP contribution in [-0.4, -0.2) is 46.5 Å². The number of thioether (sulfide) groups is 1. The number of aromatic nitrogens is 2. The molecule has 2 heterocycles. The molecular formula is C19H18ClN5O4S. The number of aryl methyl sites for hydroxylation is 1. The molecule has 30 heavy (non-hydrogen) atoms. The van der Waals surface area contributed by atoms with Crippen LogP contribution in [0.25, 0.3) is 0 Å². The molecule has 1 aromatic carbocycles. The Morgan fingerprint density at radius 3 is 3.07 bits per heavy atom. The fourth-order valence-corrected chi connectivity index (χ4v) is 3.30. The highest BCUT2D eigenvalue weighted by Gasteiger charge is 2.25. The van der Waals surface area contributed by atoms with Crippen molar-refractivity contribution in [2.24, 2.45) is 10.2 Å². The molecule has 1 aliphatic heterocycles. The van der Waals surface area contributed by atoms with E-state index in [1.807, 2.05) is 10.8 Å². The van der Waals surface area contributed by atoms with Crippen molar-refractivity contribution in [1.29, 1.82) is 0 Å². The molecule has 9 nitrogen and oxygen atoms in total. The molecule has 1 N–H and O–H groups in total. The van der Waals surface area contributed by atoms with Crippen LogP contribution in [0.1, 0.15) is 12.0 Å². The lowest BCUT2D eigenvalue weighted by molar-refractivity contribution is -0.135. The first kappa shape index (κ1) is 21.6. The van der Waals surface area contributed by atoms with Crippen molar-refractivity contribution < 1.29 is 19.1 Å². The van der Waals surface area contributed by atoms with Gasteiger partial charge in [0.1, 0.15) is 5.75 Å². The van der Waals surface area contributed by atoms with E-state index in [2.05, 4.69) is 25.2 Å². The number of nitrogens with one attached hydrogen (secondary N) is 1. The summed E-state index contributed by atoms with van der Waals surface area (Å²) in [5.41, 5.74) is 0.647. The number of nitrogens with zero attached hydrogens (tertiary/aromatic N) is 4. The Morgan fingerprint density at radius 2 is 2.30 bits per heavy atom. The minimum atomic E-state index is -0.619. The second-order valence-electron chi connectivity index (χ2n) is 5.92. The number of esters is 1. The molecule has 3 rings (SSSR count). The zero-order chi connectivity index (χ0) is 21.3. The third-order valence-electron chi connectivity index (χ3n) is 3.80. The molecule has 11 heteroatoms. The summed E-state index contributed by atoms with van der Waals surface area (Å²) < 4.78 is 12.3. The molecular weight excluding hydrogens is 430 g/mol. The molecule has 0 unspecified atom stereocenters. The largest absolute Gasteiger partial charge is 0.493 e. The SMILES string of the molecule is COC(=O)/C=C1/S/C(=N\N=Cc2cc(Cl)ccc2OCCCn2ccnc2)NC1=O. The van der Waals surface area contributed by atoms with Gasteiger partial charge in [0.2, 0.25) is 0 Å². The molecule has 0 saturated carbocycles. The van der Waals surface area contributed by atoms with Gasteiger partial charge in [-0.3, -0.25) is 10.1 Å². The number of amidine groups is 1. The monoisotopic (exact) mass is 447 g/mol. The topological polar surface area (TPSA) is 107 Å². The van der Waals surface area contributed by atoms with Gasteiger partial charge in [0.05, 0.1) is 31.2 Å². The first-order chi connectivity index (χ1) is 14.5. The second kappa shape index (κ2) is 10.6. The van der Waals surface area contributed by atoms with Crippen molar-refractivity contribution >= 4 is 46.6 Å². The average Bonchev–Trinajstić information content (AvgIpc) is 3.36. The lowest BCUT2D eigenvalue weighted by Crippen LogP contribution is -2.19. The zero-order valence-corrected chi connectivity index (χ0v) is 17.5. The van der Waals surface area contributed by atoms with E-state index in [1.165, 1.54) is 13.3 Å². The van der Waals surface area contributed by atoms with Crippen molar-refractivity contribution in [1.82, 2.24) is 14.9 Å².